The van der Waals surface area contributed by atoms with Crippen LogP contribution in [0.1, 0.15) is 18.9 Å². The first kappa shape index (κ1) is 20.1. The van der Waals surface area contributed by atoms with Crippen molar-refractivity contribution in [3.63, 3.8) is 0 Å². The monoisotopic (exact) mass is 391 g/mol. The number of methoxy groups -OCH3 is 3. The second-order valence-corrected chi connectivity index (χ2v) is 6.98. The van der Waals surface area contributed by atoms with E-state index in [0.717, 1.165) is 11.3 Å². The standard InChI is InChI=1S/C19H25N3O6/c1-11-15(23)9-14-16(22(24)25)18(21-17(11)19(14,27-3)28-4)20-10-12-5-7-13(26-2)8-6-12/h5-8,11,14,17,20-21H,9-10H2,1-4H3. The van der Waals surface area contributed by atoms with Gasteiger partial charge in [0.1, 0.15) is 17.5 Å². The van der Waals surface area contributed by atoms with Crippen molar-refractivity contribution in [3.05, 3.63) is 51.5 Å². The topological polar surface area (TPSA) is 112 Å². The number of nitrogens with one attached hydrogen (secondary N) is 2. The molecular weight excluding hydrogens is 366 g/mol. The highest BCUT2D eigenvalue weighted by molar-refractivity contribution is 5.83. The van der Waals surface area contributed by atoms with Crippen LogP contribution in [0.25, 0.3) is 0 Å². The summed E-state index contributed by atoms with van der Waals surface area (Å²) >= 11 is 0. The molecular formula is C19H25N3O6. The Kier molecular flexibility index (Phi) is 5.57. The average Bonchev–Trinajstić information content (AvgIpc) is 2.70. The number of carbonyl (C=O) groups is 1. The summed E-state index contributed by atoms with van der Waals surface area (Å²) in [6, 6.07) is 6.86. The van der Waals surface area contributed by atoms with Gasteiger partial charge in [-0.25, -0.2) is 0 Å². The molecule has 1 aliphatic heterocycles. The van der Waals surface area contributed by atoms with E-state index in [1.807, 2.05) is 24.3 Å². The Morgan fingerprint density at radius 1 is 1.25 bits per heavy atom. The third-order valence-corrected chi connectivity index (χ3v) is 5.68. The Morgan fingerprint density at radius 3 is 2.43 bits per heavy atom. The van der Waals surface area contributed by atoms with E-state index in [0.29, 0.717) is 12.4 Å². The summed E-state index contributed by atoms with van der Waals surface area (Å²) in [4.78, 5) is 23.8. The van der Waals surface area contributed by atoms with E-state index in [9.17, 15) is 14.9 Å². The van der Waals surface area contributed by atoms with Gasteiger partial charge in [-0.05, 0) is 17.7 Å². The summed E-state index contributed by atoms with van der Waals surface area (Å²) < 4.78 is 16.4. The molecule has 1 saturated carbocycles. The van der Waals surface area contributed by atoms with Crippen LogP contribution in [-0.2, 0) is 20.8 Å². The molecule has 0 radical (unpaired) electrons. The zero-order valence-electron chi connectivity index (χ0n) is 16.4. The van der Waals surface area contributed by atoms with Gasteiger partial charge in [0.25, 0.3) is 5.70 Å². The maximum absolute atomic E-state index is 12.4. The molecule has 1 fully saturated rings. The van der Waals surface area contributed by atoms with Crippen LogP contribution in [0.3, 0.4) is 0 Å². The Bertz CT molecular complexity index is 787. The van der Waals surface area contributed by atoms with Gasteiger partial charge in [-0.2, -0.15) is 0 Å². The highest BCUT2D eigenvalue weighted by atomic mass is 16.7. The van der Waals surface area contributed by atoms with Crippen molar-refractivity contribution in [2.45, 2.75) is 31.7 Å². The van der Waals surface area contributed by atoms with Crippen molar-refractivity contribution in [2.24, 2.45) is 11.8 Å². The molecule has 3 unspecified atom stereocenters. The van der Waals surface area contributed by atoms with E-state index < -0.39 is 28.6 Å². The normalized spacial score (nSPS) is 25.9. The number of carbonyl (C=O) groups excluding carboxylic acids is 1. The Balaban J connectivity index is 1.95. The third kappa shape index (κ3) is 3.20. The van der Waals surface area contributed by atoms with Gasteiger partial charge in [-0.15, -0.1) is 0 Å². The van der Waals surface area contributed by atoms with Crippen molar-refractivity contribution in [2.75, 3.05) is 21.3 Å². The second-order valence-electron chi connectivity index (χ2n) is 6.98. The third-order valence-electron chi connectivity index (χ3n) is 5.68. The molecule has 3 atom stereocenters. The van der Waals surface area contributed by atoms with Gasteiger partial charge in [0.15, 0.2) is 5.82 Å². The smallest absolute Gasteiger partial charge is 0.294 e. The van der Waals surface area contributed by atoms with Gasteiger partial charge in [0.2, 0.25) is 5.79 Å². The Morgan fingerprint density at radius 2 is 1.89 bits per heavy atom. The zero-order valence-corrected chi connectivity index (χ0v) is 16.4. The van der Waals surface area contributed by atoms with Crippen LogP contribution in [0.15, 0.2) is 35.8 Å². The van der Waals surface area contributed by atoms with Crippen LogP contribution in [0, 0.1) is 22.0 Å². The Labute approximate surface area is 163 Å². The average molecular weight is 391 g/mol. The fraction of sp³-hybridized carbons (Fsp3) is 0.526. The lowest BCUT2D eigenvalue weighted by Crippen LogP contribution is -2.69. The number of hydrogen-bond donors (Lipinski definition) is 2. The largest absolute Gasteiger partial charge is 0.497 e. The fourth-order valence-electron chi connectivity index (χ4n) is 4.11. The van der Waals surface area contributed by atoms with Gasteiger partial charge in [-0.3, -0.25) is 14.9 Å². The summed E-state index contributed by atoms with van der Waals surface area (Å²) in [5, 5.41) is 18.1. The predicted molar refractivity (Wildman–Crippen MR) is 99.8 cm³/mol. The molecule has 1 aromatic carbocycles. The molecule has 2 aliphatic rings. The molecule has 28 heavy (non-hydrogen) atoms. The Hall–Kier alpha value is -2.65. The summed E-state index contributed by atoms with van der Waals surface area (Å²) in [6.07, 6.45) is -0.00887. The molecule has 0 saturated heterocycles. The summed E-state index contributed by atoms with van der Waals surface area (Å²) in [5.41, 5.74) is 0.802. The molecule has 1 aromatic rings. The SMILES string of the molecule is COc1ccc(CNC2=C([N+](=O)[O-])C3CC(=O)C(C)C(N2)C3(OC)OC)cc1. The lowest BCUT2D eigenvalue weighted by molar-refractivity contribution is -0.451. The molecule has 0 amide bonds. The summed E-state index contributed by atoms with van der Waals surface area (Å²) in [7, 11) is 4.48. The minimum Gasteiger partial charge on any atom is -0.497 e. The second kappa shape index (κ2) is 7.76. The van der Waals surface area contributed by atoms with E-state index in [2.05, 4.69) is 10.6 Å². The molecule has 0 spiro atoms. The van der Waals surface area contributed by atoms with Gasteiger partial charge in [0.05, 0.1) is 18.1 Å². The van der Waals surface area contributed by atoms with Gasteiger partial charge in [-0.1, -0.05) is 19.1 Å². The molecule has 152 valence electrons. The molecule has 1 heterocycles. The van der Waals surface area contributed by atoms with E-state index in [1.54, 1.807) is 14.0 Å². The van der Waals surface area contributed by atoms with Crippen LogP contribution in [0.2, 0.25) is 0 Å². The van der Waals surface area contributed by atoms with Gasteiger partial charge < -0.3 is 24.8 Å². The molecule has 3 rings (SSSR count). The van der Waals surface area contributed by atoms with Gasteiger partial charge >= 0.3 is 0 Å². The first-order valence-electron chi connectivity index (χ1n) is 9.02. The fourth-order valence-corrected chi connectivity index (χ4v) is 4.11. The first-order chi connectivity index (χ1) is 13.4. The van der Waals surface area contributed by atoms with Crippen molar-refractivity contribution < 1.29 is 23.9 Å². The van der Waals surface area contributed by atoms with Crippen molar-refractivity contribution >= 4 is 5.78 Å². The molecule has 9 nitrogen and oxygen atoms in total. The number of hydrogen-bond acceptors (Lipinski definition) is 8. The summed E-state index contributed by atoms with van der Waals surface area (Å²) in [6.45, 7) is 2.15. The van der Waals surface area contributed by atoms with E-state index in [4.69, 9.17) is 14.2 Å². The number of Topliss-reactive ketones (excluding diaryl/α,β-unsaturated/α-hetero) is 1. The highest BCUT2D eigenvalue weighted by Crippen LogP contribution is 2.46. The number of fused-ring (bicyclic) bond motifs is 2. The maximum Gasteiger partial charge on any atom is 0.294 e. The number of ether oxygens (including phenoxy) is 3. The maximum atomic E-state index is 12.4. The lowest BCUT2D eigenvalue weighted by Gasteiger charge is -2.51. The number of benzene rings is 1. The van der Waals surface area contributed by atoms with Crippen LogP contribution < -0.4 is 15.4 Å². The van der Waals surface area contributed by atoms with Crippen molar-refractivity contribution in [1.82, 2.24) is 10.6 Å². The van der Waals surface area contributed by atoms with Crippen molar-refractivity contribution in [1.29, 1.82) is 0 Å². The quantitative estimate of drug-likeness (QED) is 0.408. The van der Waals surface area contributed by atoms with Crippen LogP contribution >= 0.6 is 0 Å². The minimum atomic E-state index is -1.28. The van der Waals surface area contributed by atoms with Crippen LogP contribution in [-0.4, -0.2) is 43.9 Å². The van der Waals surface area contributed by atoms with Gasteiger partial charge in [0, 0.05) is 33.1 Å². The molecule has 1 aliphatic carbocycles. The number of nitro groups is 1. The number of ketones is 1. The summed E-state index contributed by atoms with van der Waals surface area (Å²) in [5.74, 6) is -1.54. The molecule has 9 heteroatoms. The van der Waals surface area contributed by atoms with E-state index >= 15 is 0 Å². The van der Waals surface area contributed by atoms with Crippen LogP contribution in [0.4, 0.5) is 0 Å². The van der Waals surface area contributed by atoms with Crippen molar-refractivity contribution in [3.8, 4) is 5.75 Å². The minimum absolute atomic E-state index is 0.00887. The molecule has 2 bridgehead atoms. The zero-order chi connectivity index (χ0) is 20.5. The first-order valence-corrected chi connectivity index (χ1v) is 9.02. The number of nitrogens with zero attached hydrogens (tertiary/aromatic N) is 1. The number of rotatable bonds is 7. The van der Waals surface area contributed by atoms with E-state index in [1.165, 1.54) is 14.2 Å². The molecule has 2 N–H and O–H groups in total. The van der Waals surface area contributed by atoms with E-state index in [-0.39, 0.29) is 17.9 Å². The predicted octanol–water partition coefficient (Wildman–Crippen LogP) is 1.42. The van der Waals surface area contributed by atoms with Crippen LogP contribution in [0.5, 0.6) is 5.75 Å². The molecule has 0 aromatic heterocycles. The highest BCUT2D eigenvalue weighted by Gasteiger charge is 2.63. The lowest BCUT2D eigenvalue weighted by atomic mass is 9.69.